The zero-order valence-corrected chi connectivity index (χ0v) is 14.3. The van der Waals surface area contributed by atoms with Crippen LogP contribution >= 0.6 is 23.8 Å². The van der Waals surface area contributed by atoms with Crippen LogP contribution in [0.15, 0.2) is 30.3 Å². The largest absolute Gasteiger partial charge is 0.379 e. The first kappa shape index (κ1) is 18.6. The maximum absolute atomic E-state index is 11.7. The van der Waals surface area contributed by atoms with E-state index in [9.17, 15) is 4.79 Å². The minimum atomic E-state index is -0.272. The Hall–Kier alpha value is -1.43. The topological polar surface area (TPSA) is 50.4 Å². The Labute approximate surface area is 141 Å². The predicted octanol–water partition coefficient (Wildman–Crippen LogP) is 3.16. The molecule has 0 aromatic heterocycles. The lowest BCUT2D eigenvalue weighted by atomic mass is 10.2. The highest BCUT2D eigenvalue weighted by Gasteiger charge is 2.00. The van der Waals surface area contributed by atoms with E-state index in [1.807, 2.05) is 26.0 Å². The molecule has 6 heteroatoms. The molecule has 0 bridgehead atoms. The summed E-state index contributed by atoms with van der Waals surface area (Å²) in [5.74, 6) is -0.272. The van der Waals surface area contributed by atoms with Gasteiger partial charge in [0, 0.05) is 24.3 Å². The molecule has 0 aliphatic heterocycles. The van der Waals surface area contributed by atoms with E-state index in [2.05, 4.69) is 10.6 Å². The Bertz CT molecular complexity index is 515. The third-order valence-electron chi connectivity index (χ3n) is 2.59. The van der Waals surface area contributed by atoms with Crippen LogP contribution in [0.5, 0.6) is 0 Å². The highest BCUT2D eigenvalue weighted by atomic mass is 35.5. The number of hydrogen-bond donors (Lipinski definition) is 2. The second-order valence-electron chi connectivity index (χ2n) is 4.90. The maximum atomic E-state index is 11.7. The summed E-state index contributed by atoms with van der Waals surface area (Å²) in [7, 11) is 0. The van der Waals surface area contributed by atoms with Crippen molar-refractivity contribution in [1.82, 2.24) is 10.6 Å². The first-order valence-corrected chi connectivity index (χ1v) is 7.90. The summed E-state index contributed by atoms with van der Waals surface area (Å²) < 4.78 is 5.41. The molecule has 2 N–H and O–H groups in total. The molecule has 0 radical (unpaired) electrons. The second kappa shape index (κ2) is 10.3. The zero-order chi connectivity index (χ0) is 16.4. The highest BCUT2D eigenvalue weighted by molar-refractivity contribution is 7.80. The molecule has 1 amide bonds. The van der Waals surface area contributed by atoms with Crippen molar-refractivity contribution in [2.24, 2.45) is 0 Å². The first-order chi connectivity index (χ1) is 10.5. The quantitative estimate of drug-likeness (QED) is 0.455. The molecule has 0 aliphatic carbocycles. The summed E-state index contributed by atoms with van der Waals surface area (Å²) >= 11 is 10.8. The lowest BCUT2D eigenvalue weighted by Crippen LogP contribution is -2.39. The van der Waals surface area contributed by atoms with Gasteiger partial charge in [-0.3, -0.25) is 10.1 Å². The third kappa shape index (κ3) is 8.77. The van der Waals surface area contributed by atoms with Crippen LogP contribution in [0.25, 0.3) is 6.08 Å². The summed E-state index contributed by atoms with van der Waals surface area (Å²) in [5, 5.41) is 6.53. The van der Waals surface area contributed by atoms with Gasteiger partial charge in [0.25, 0.3) is 0 Å². The lowest BCUT2D eigenvalue weighted by Gasteiger charge is -2.09. The van der Waals surface area contributed by atoms with Crippen LogP contribution in [-0.4, -0.2) is 30.3 Å². The number of rotatable bonds is 7. The Morgan fingerprint density at radius 3 is 2.68 bits per heavy atom. The molecule has 0 fully saturated rings. The van der Waals surface area contributed by atoms with Crippen LogP contribution in [0.4, 0.5) is 0 Å². The summed E-state index contributed by atoms with van der Waals surface area (Å²) in [6, 6.07) is 7.20. The number of nitrogens with one attached hydrogen (secondary N) is 2. The van der Waals surface area contributed by atoms with Gasteiger partial charge in [-0.25, -0.2) is 0 Å². The predicted molar refractivity (Wildman–Crippen MR) is 94.9 cm³/mol. The zero-order valence-electron chi connectivity index (χ0n) is 12.8. The molecule has 1 rings (SSSR count). The van der Waals surface area contributed by atoms with Crippen LogP contribution in [0, 0.1) is 0 Å². The van der Waals surface area contributed by atoms with Crippen molar-refractivity contribution in [2.75, 3.05) is 13.2 Å². The van der Waals surface area contributed by atoms with Gasteiger partial charge in [0.2, 0.25) is 5.91 Å². The fourth-order valence-corrected chi connectivity index (χ4v) is 1.87. The van der Waals surface area contributed by atoms with Gasteiger partial charge in [0.15, 0.2) is 5.11 Å². The van der Waals surface area contributed by atoms with Crippen LogP contribution in [-0.2, 0) is 9.53 Å². The molecule has 0 unspecified atom stereocenters. The lowest BCUT2D eigenvalue weighted by molar-refractivity contribution is -0.115. The van der Waals surface area contributed by atoms with Gasteiger partial charge in [-0.1, -0.05) is 23.7 Å². The highest BCUT2D eigenvalue weighted by Crippen LogP contribution is 2.10. The summed E-state index contributed by atoms with van der Waals surface area (Å²) in [6.45, 7) is 5.31. The molecular formula is C16H21ClN2O2S. The molecular weight excluding hydrogens is 320 g/mol. The van der Waals surface area contributed by atoms with Crippen LogP contribution < -0.4 is 10.6 Å². The molecule has 120 valence electrons. The summed E-state index contributed by atoms with van der Waals surface area (Å²) in [5.41, 5.74) is 0.893. The number of carbonyl (C=O) groups is 1. The Morgan fingerprint density at radius 1 is 1.36 bits per heavy atom. The fraction of sp³-hybridized carbons (Fsp3) is 0.375. The van der Waals surface area contributed by atoms with Crippen LogP contribution in [0.2, 0.25) is 5.02 Å². The standard InChI is InChI=1S/C16H21ClN2O2S/c1-12(2)21-11-3-10-18-16(22)19-15(20)9-6-13-4-7-14(17)8-5-13/h4-9,12H,3,10-11H2,1-2H3,(H2,18,19,20,22)/b9-6+. The molecule has 0 atom stereocenters. The van der Waals surface area contributed by atoms with E-state index in [0.29, 0.717) is 23.3 Å². The number of carbonyl (C=O) groups excluding carboxylic acids is 1. The van der Waals surface area contributed by atoms with Gasteiger partial charge in [0.1, 0.15) is 0 Å². The number of benzene rings is 1. The SMILES string of the molecule is CC(C)OCCCNC(=S)NC(=O)/C=C/c1ccc(Cl)cc1. The Morgan fingerprint density at radius 2 is 2.05 bits per heavy atom. The van der Waals surface area contributed by atoms with Crippen molar-refractivity contribution in [2.45, 2.75) is 26.4 Å². The van der Waals surface area contributed by atoms with Gasteiger partial charge in [-0.15, -0.1) is 0 Å². The van der Waals surface area contributed by atoms with Gasteiger partial charge < -0.3 is 10.1 Å². The Balaban J connectivity index is 2.23. The monoisotopic (exact) mass is 340 g/mol. The van der Waals surface area contributed by atoms with E-state index in [4.69, 9.17) is 28.6 Å². The van der Waals surface area contributed by atoms with E-state index < -0.39 is 0 Å². The summed E-state index contributed by atoms with van der Waals surface area (Å²) in [6.07, 6.45) is 4.18. The van der Waals surface area contributed by atoms with Crippen molar-refractivity contribution < 1.29 is 9.53 Å². The minimum Gasteiger partial charge on any atom is -0.379 e. The molecule has 1 aromatic rings. The number of ether oxygens (including phenoxy) is 1. The number of thiocarbonyl (C=S) groups is 1. The van der Waals surface area contributed by atoms with Crippen molar-refractivity contribution in [3.05, 3.63) is 40.9 Å². The van der Waals surface area contributed by atoms with E-state index >= 15 is 0 Å². The molecule has 0 spiro atoms. The second-order valence-corrected chi connectivity index (χ2v) is 5.75. The van der Waals surface area contributed by atoms with Crippen molar-refractivity contribution in [3.8, 4) is 0 Å². The summed E-state index contributed by atoms with van der Waals surface area (Å²) in [4.78, 5) is 11.7. The van der Waals surface area contributed by atoms with Crippen LogP contribution in [0.3, 0.4) is 0 Å². The van der Waals surface area contributed by atoms with Crippen molar-refractivity contribution in [3.63, 3.8) is 0 Å². The average Bonchev–Trinajstić information content (AvgIpc) is 2.46. The Kier molecular flexibility index (Phi) is 8.74. The molecule has 22 heavy (non-hydrogen) atoms. The average molecular weight is 341 g/mol. The van der Waals surface area contributed by atoms with E-state index in [0.717, 1.165) is 12.0 Å². The number of halogens is 1. The van der Waals surface area contributed by atoms with Gasteiger partial charge in [0.05, 0.1) is 6.10 Å². The molecule has 0 saturated heterocycles. The normalized spacial score (nSPS) is 10.9. The number of amides is 1. The number of hydrogen-bond acceptors (Lipinski definition) is 3. The van der Waals surface area contributed by atoms with Gasteiger partial charge >= 0.3 is 0 Å². The smallest absolute Gasteiger partial charge is 0.250 e. The van der Waals surface area contributed by atoms with E-state index in [1.165, 1.54) is 6.08 Å². The van der Waals surface area contributed by atoms with Gasteiger partial charge in [-0.05, 0) is 56.3 Å². The maximum Gasteiger partial charge on any atom is 0.250 e. The van der Waals surface area contributed by atoms with E-state index in [-0.39, 0.29) is 12.0 Å². The first-order valence-electron chi connectivity index (χ1n) is 7.11. The van der Waals surface area contributed by atoms with Crippen LogP contribution in [0.1, 0.15) is 25.8 Å². The van der Waals surface area contributed by atoms with Gasteiger partial charge in [-0.2, -0.15) is 0 Å². The molecule has 0 heterocycles. The molecule has 4 nitrogen and oxygen atoms in total. The van der Waals surface area contributed by atoms with Crippen molar-refractivity contribution in [1.29, 1.82) is 0 Å². The molecule has 1 aromatic carbocycles. The van der Waals surface area contributed by atoms with E-state index in [1.54, 1.807) is 18.2 Å². The molecule has 0 saturated carbocycles. The minimum absolute atomic E-state index is 0.227. The fourth-order valence-electron chi connectivity index (χ4n) is 1.54. The van der Waals surface area contributed by atoms with Crippen molar-refractivity contribution >= 4 is 40.9 Å². The molecule has 0 aliphatic rings. The third-order valence-corrected chi connectivity index (χ3v) is 3.09.